The van der Waals surface area contributed by atoms with Gasteiger partial charge in [-0.3, -0.25) is 0 Å². The van der Waals surface area contributed by atoms with Gasteiger partial charge < -0.3 is 15.4 Å². The van der Waals surface area contributed by atoms with E-state index in [1.807, 2.05) is 6.07 Å². The summed E-state index contributed by atoms with van der Waals surface area (Å²) in [6.07, 6.45) is 1.49. The highest BCUT2D eigenvalue weighted by atomic mass is 16.5. The maximum absolute atomic E-state index is 8.91. The van der Waals surface area contributed by atoms with Crippen LogP contribution in [0.25, 0.3) is 0 Å². The summed E-state index contributed by atoms with van der Waals surface area (Å²) in [4.78, 5) is 6.25. The molecule has 1 heterocycles. The maximum atomic E-state index is 8.91. The molecule has 0 spiro atoms. The predicted octanol–water partition coefficient (Wildman–Crippen LogP) is 1.26. The van der Waals surface area contributed by atoms with Crippen LogP contribution in [-0.4, -0.2) is 36.1 Å². The number of hydrogen-bond acceptors (Lipinski definition) is 5. The van der Waals surface area contributed by atoms with Gasteiger partial charge in [-0.15, -0.1) is 0 Å². The monoisotopic (exact) mass is 234 g/mol. The molecule has 5 nitrogen and oxygen atoms in total. The summed E-state index contributed by atoms with van der Waals surface area (Å²) in [6, 6.07) is 3.59. The second kappa shape index (κ2) is 6.71. The third kappa shape index (κ3) is 3.93. The average molecular weight is 234 g/mol. The van der Waals surface area contributed by atoms with Crippen molar-refractivity contribution in [1.29, 1.82) is 5.26 Å². The van der Waals surface area contributed by atoms with Gasteiger partial charge in [-0.1, -0.05) is 13.8 Å². The summed E-state index contributed by atoms with van der Waals surface area (Å²) in [5, 5.41) is 8.91. The Morgan fingerprint density at radius 3 is 2.76 bits per heavy atom. The van der Waals surface area contributed by atoms with Gasteiger partial charge in [-0.25, -0.2) is 4.98 Å². The molecule has 0 unspecified atom stereocenters. The van der Waals surface area contributed by atoms with E-state index < -0.39 is 0 Å². The Balaban J connectivity index is 2.55. The minimum Gasteiger partial charge on any atom is -0.475 e. The van der Waals surface area contributed by atoms with Crippen molar-refractivity contribution in [3.8, 4) is 11.9 Å². The van der Waals surface area contributed by atoms with E-state index in [0.29, 0.717) is 23.7 Å². The largest absolute Gasteiger partial charge is 0.475 e. The number of nitrogen functional groups attached to an aromatic ring is 1. The molecule has 0 saturated heterocycles. The fourth-order valence-electron chi connectivity index (χ4n) is 1.47. The molecule has 17 heavy (non-hydrogen) atoms. The highest BCUT2D eigenvalue weighted by molar-refractivity contribution is 5.48. The topological polar surface area (TPSA) is 75.2 Å². The molecule has 1 aromatic rings. The summed E-state index contributed by atoms with van der Waals surface area (Å²) in [5.41, 5.74) is 6.39. The molecule has 1 aromatic heterocycles. The van der Waals surface area contributed by atoms with Gasteiger partial charge in [0, 0.05) is 6.54 Å². The molecular formula is C12H18N4O. The number of hydrogen-bond donors (Lipinski definition) is 1. The first-order valence-electron chi connectivity index (χ1n) is 5.72. The number of aromatic nitrogens is 1. The van der Waals surface area contributed by atoms with Gasteiger partial charge in [0.2, 0.25) is 5.88 Å². The quantitative estimate of drug-likeness (QED) is 0.802. The van der Waals surface area contributed by atoms with Crippen molar-refractivity contribution in [2.45, 2.75) is 13.8 Å². The number of rotatable bonds is 6. The summed E-state index contributed by atoms with van der Waals surface area (Å²) < 4.78 is 5.49. The number of nitrogens with two attached hydrogens (primary N) is 1. The number of pyridine rings is 1. The van der Waals surface area contributed by atoms with E-state index in [1.54, 1.807) is 6.07 Å². The molecule has 2 N–H and O–H groups in total. The van der Waals surface area contributed by atoms with E-state index in [1.165, 1.54) is 6.20 Å². The Morgan fingerprint density at radius 2 is 2.18 bits per heavy atom. The zero-order valence-corrected chi connectivity index (χ0v) is 10.3. The predicted molar refractivity (Wildman–Crippen MR) is 66.6 cm³/mol. The van der Waals surface area contributed by atoms with Crippen molar-refractivity contribution in [1.82, 2.24) is 9.88 Å². The molecule has 0 atom stereocenters. The Labute approximate surface area is 102 Å². The third-order valence-corrected chi connectivity index (χ3v) is 2.53. The van der Waals surface area contributed by atoms with Crippen LogP contribution in [0.2, 0.25) is 0 Å². The molecule has 0 saturated carbocycles. The number of nitrogens with zero attached hydrogens (tertiary/aromatic N) is 3. The SMILES string of the molecule is CCN(CC)CCOc1ncc(N)cc1C#N. The molecule has 0 fully saturated rings. The number of ether oxygens (including phenoxy) is 1. The minimum atomic E-state index is 0.355. The van der Waals surface area contributed by atoms with Crippen molar-refractivity contribution >= 4 is 5.69 Å². The standard InChI is InChI=1S/C12H18N4O/c1-3-16(4-2)5-6-17-12-10(8-13)7-11(14)9-15-12/h7,9H,3-6,14H2,1-2H3. The van der Waals surface area contributed by atoms with Crippen LogP contribution in [0.3, 0.4) is 0 Å². The molecule has 0 aromatic carbocycles. The van der Waals surface area contributed by atoms with Crippen molar-refractivity contribution in [3.63, 3.8) is 0 Å². The van der Waals surface area contributed by atoms with Crippen LogP contribution in [0.4, 0.5) is 5.69 Å². The first kappa shape index (κ1) is 13.3. The van der Waals surface area contributed by atoms with Crippen LogP contribution in [0.15, 0.2) is 12.3 Å². The molecule has 0 aliphatic rings. The highest BCUT2D eigenvalue weighted by Gasteiger charge is 2.06. The highest BCUT2D eigenvalue weighted by Crippen LogP contribution is 2.16. The summed E-state index contributed by atoms with van der Waals surface area (Å²) in [7, 11) is 0. The summed E-state index contributed by atoms with van der Waals surface area (Å²) >= 11 is 0. The van der Waals surface area contributed by atoms with E-state index in [0.717, 1.165) is 19.6 Å². The molecular weight excluding hydrogens is 216 g/mol. The first-order chi connectivity index (χ1) is 8.21. The average Bonchev–Trinajstić information content (AvgIpc) is 2.36. The van der Waals surface area contributed by atoms with Crippen LogP contribution < -0.4 is 10.5 Å². The van der Waals surface area contributed by atoms with Gasteiger partial charge in [0.25, 0.3) is 0 Å². The van der Waals surface area contributed by atoms with Crippen molar-refractivity contribution < 1.29 is 4.74 Å². The lowest BCUT2D eigenvalue weighted by atomic mass is 10.3. The third-order valence-electron chi connectivity index (χ3n) is 2.53. The lowest BCUT2D eigenvalue weighted by molar-refractivity contribution is 0.217. The van der Waals surface area contributed by atoms with Crippen LogP contribution >= 0.6 is 0 Å². The van der Waals surface area contributed by atoms with Crippen molar-refractivity contribution in [3.05, 3.63) is 17.8 Å². The molecule has 0 radical (unpaired) electrons. The molecule has 1 rings (SSSR count). The zero-order chi connectivity index (χ0) is 12.7. The maximum Gasteiger partial charge on any atom is 0.231 e. The summed E-state index contributed by atoms with van der Waals surface area (Å²) in [6.45, 7) is 7.52. The summed E-state index contributed by atoms with van der Waals surface area (Å²) in [5.74, 6) is 0.355. The van der Waals surface area contributed by atoms with E-state index in [2.05, 4.69) is 23.7 Å². The van der Waals surface area contributed by atoms with Gasteiger partial charge >= 0.3 is 0 Å². The minimum absolute atomic E-state index is 0.355. The van der Waals surface area contributed by atoms with Gasteiger partial charge in [-0.2, -0.15) is 5.26 Å². The normalized spacial score (nSPS) is 10.2. The van der Waals surface area contributed by atoms with Crippen molar-refractivity contribution in [2.75, 3.05) is 32.0 Å². The Morgan fingerprint density at radius 1 is 1.47 bits per heavy atom. The second-order valence-corrected chi connectivity index (χ2v) is 3.61. The first-order valence-corrected chi connectivity index (χ1v) is 5.72. The molecule has 0 bridgehead atoms. The van der Waals surface area contributed by atoms with Crippen LogP contribution in [0.5, 0.6) is 5.88 Å². The molecule has 0 amide bonds. The molecule has 0 aliphatic carbocycles. The Bertz CT molecular complexity index is 396. The fraction of sp³-hybridized carbons (Fsp3) is 0.500. The van der Waals surface area contributed by atoms with E-state index in [4.69, 9.17) is 15.7 Å². The molecule has 5 heteroatoms. The smallest absolute Gasteiger partial charge is 0.231 e. The van der Waals surface area contributed by atoms with Crippen LogP contribution in [-0.2, 0) is 0 Å². The fourth-order valence-corrected chi connectivity index (χ4v) is 1.47. The van der Waals surface area contributed by atoms with Gasteiger partial charge in [0.05, 0.1) is 11.9 Å². The van der Waals surface area contributed by atoms with Gasteiger partial charge in [-0.05, 0) is 19.2 Å². The Kier molecular flexibility index (Phi) is 5.24. The lowest BCUT2D eigenvalue weighted by Gasteiger charge is -2.17. The van der Waals surface area contributed by atoms with E-state index in [-0.39, 0.29) is 0 Å². The number of nitriles is 1. The molecule has 92 valence electrons. The van der Waals surface area contributed by atoms with Gasteiger partial charge in [0.1, 0.15) is 18.2 Å². The number of anilines is 1. The second-order valence-electron chi connectivity index (χ2n) is 3.61. The van der Waals surface area contributed by atoms with Crippen LogP contribution in [0.1, 0.15) is 19.4 Å². The van der Waals surface area contributed by atoms with Crippen LogP contribution in [0, 0.1) is 11.3 Å². The molecule has 0 aliphatic heterocycles. The van der Waals surface area contributed by atoms with E-state index in [9.17, 15) is 0 Å². The van der Waals surface area contributed by atoms with Gasteiger partial charge in [0.15, 0.2) is 0 Å². The number of likely N-dealkylation sites (N-methyl/N-ethyl adjacent to an activating group) is 1. The van der Waals surface area contributed by atoms with Crippen molar-refractivity contribution in [2.24, 2.45) is 0 Å². The zero-order valence-electron chi connectivity index (χ0n) is 10.3. The van der Waals surface area contributed by atoms with E-state index >= 15 is 0 Å². The Hall–Kier alpha value is -1.80. The lowest BCUT2D eigenvalue weighted by Crippen LogP contribution is -2.28.